The third-order valence-electron chi connectivity index (χ3n) is 6.75. The summed E-state index contributed by atoms with van der Waals surface area (Å²) in [6.07, 6.45) is 3.16. The Morgan fingerprint density at radius 3 is 2.55 bits per heavy atom. The largest absolute Gasteiger partial charge is 0.497 e. The van der Waals surface area contributed by atoms with Crippen molar-refractivity contribution in [1.29, 1.82) is 0 Å². The maximum atomic E-state index is 13.7. The Labute approximate surface area is 234 Å². The third-order valence-corrected chi connectivity index (χ3v) is 8.58. The van der Waals surface area contributed by atoms with E-state index in [1.807, 2.05) is 67.7 Å². The van der Waals surface area contributed by atoms with Crippen LogP contribution in [-0.4, -0.2) is 61.1 Å². The molecule has 1 aromatic heterocycles. The van der Waals surface area contributed by atoms with Crippen molar-refractivity contribution in [3.63, 3.8) is 0 Å². The number of nitrogens with zero attached hydrogens (tertiary/aromatic N) is 3. The van der Waals surface area contributed by atoms with Crippen LogP contribution >= 0.6 is 0 Å². The maximum Gasteiger partial charge on any atom is 0.243 e. The third kappa shape index (κ3) is 6.25. The number of benzene rings is 3. The van der Waals surface area contributed by atoms with Gasteiger partial charge in [-0.05, 0) is 61.7 Å². The van der Waals surface area contributed by atoms with Crippen molar-refractivity contribution in [1.82, 2.24) is 13.9 Å². The van der Waals surface area contributed by atoms with E-state index in [9.17, 15) is 13.2 Å². The van der Waals surface area contributed by atoms with Crippen LogP contribution in [0.25, 0.3) is 16.9 Å². The summed E-state index contributed by atoms with van der Waals surface area (Å²) in [5.74, 6) is 0.335. The van der Waals surface area contributed by atoms with Crippen LogP contribution in [0, 0.1) is 6.92 Å². The standard InChI is InChI=1S/C30H32N4O5S/c1-22-8-6-11-24(18-22)34-20-28(23-9-4-3-5-10-23)31-30(34)32-29(35)21-33(19-26-12-7-17-39-26)40(36,37)27-15-13-25(38-2)14-16-27/h3-6,8-11,13-16,18,20,26H,7,12,17,19,21H2,1-2H3,(H,31,32,35). The molecular formula is C30H32N4O5S. The van der Waals surface area contributed by atoms with Gasteiger partial charge in [0.2, 0.25) is 21.9 Å². The number of carbonyl (C=O) groups excluding carboxylic acids is 1. The van der Waals surface area contributed by atoms with E-state index in [0.29, 0.717) is 24.0 Å². The van der Waals surface area contributed by atoms with Gasteiger partial charge in [-0.25, -0.2) is 13.4 Å². The Morgan fingerprint density at radius 2 is 1.88 bits per heavy atom. The van der Waals surface area contributed by atoms with Gasteiger partial charge in [-0.2, -0.15) is 4.31 Å². The monoisotopic (exact) mass is 560 g/mol. The predicted octanol–water partition coefficient (Wildman–Crippen LogP) is 4.66. The number of anilines is 1. The fourth-order valence-corrected chi connectivity index (χ4v) is 6.10. The van der Waals surface area contributed by atoms with Crippen LogP contribution in [-0.2, 0) is 19.6 Å². The van der Waals surface area contributed by atoms with Crippen LogP contribution in [0.3, 0.4) is 0 Å². The van der Waals surface area contributed by atoms with E-state index < -0.39 is 22.5 Å². The first-order valence-corrected chi connectivity index (χ1v) is 14.5. The van der Waals surface area contributed by atoms with Gasteiger partial charge in [-0.1, -0.05) is 42.5 Å². The molecule has 1 fully saturated rings. The van der Waals surface area contributed by atoms with Gasteiger partial charge in [0, 0.05) is 30.6 Å². The number of hydrogen-bond acceptors (Lipinski definition) is 6. The highest BCUT2D eigenvalue weighted by molar-refractivity contribution is 7.89. The molecule has 0 radical (unpaired) electrons. The molecule has 5 rings (SSSR count). The summed E-state index contributed by atoms with van der Waals surface area (Å²) in [4.78, 5) is 18.2. The van der Waals surface area contributed by atoms with E-state index >= 15 is 0 Å². The minimum Gasteiger partial charge on any atom is -0.497 e. The van der Waals surface area contributed by atoms with Crippen LogP contribution in [0.2, 0.25) is 0 Å². The van der Waals surface area contributed by atoms with Crippen molar-refractivity contribution in [3.05, 3.63) is 90.6 Å². The number of ether oxygens (including phenoxy) is 2. The van der Waals surface area contributed by atoms with Gasteiger partial charge in [-0.3, -0.25) is 14.7 Å². The molecule has 0 saturated carbocycles. The molecule has 208 valence electrons. The van der Waals surface area contributed by atoms with Crippen LogP contribution in [0.5, 0.6) is 5.75 Å². The molecule has 1 unspecified atom stereocenters. The van der Waals surface area contributed by atoms with Gasteiger partial charge >= 0.3 is 0 Å². The lowest BCUT2D eigenvalue weighted by atomic mass is 10.2. The molecule has 0 aliphatic carbocycles. The number of sulfonamides is 1. The lowest BCUT2D eigenvalue weighted by molar-refractivity contribution is -0.116. The van der Waals surface area contributed by atoms with E-state index in [4.69, 9.17) is 14.5 Å². The topological polar surface area (TPSA) is 103 Å². The number of carbonyl (C=O) groups is 1. The number of aromatic nitrogens is 2. The summed E-state index contributed by atoms with van der Waals surface area (Å²) in [6, 6.07) is 23.6. The van der Waals surface area contributed by atoms with Crippen LogP contribution in [0.4, 0.5) is 5.95 Å². The molecule has 4 aromatic rings. The van der Waals surface area contributed by atoms with E-state index in [0.717, 1.165) is 29.7 Å². The number of methoxy groups -OCH3 is 1. The molecule has 1 atom stereocenters. The summed E-state index contributed by atoms with van der Waals surface area (Å²) >= 11 is 0. The molecule has 2 heterocycles. The molecule has 1 aliphatic rings. The normalized spacial score (nSPS) is 15.3. The average Bonchev–Trinajstić information content (AvgIpc) is 3.63. The number of hydrogen-bond donors (Lipinski definition) is 1. The second-order valence-electron chi connectivity index (χ2n) is 9.68. The van der Waals surface area contributed by atoms with Crippen LogP contribution in [0.1, 0.15) is 18.4 Å². The quantitative estimate of drug-likeness (QED) is 0.303. The number of rotatable bonds is 10. The summed E-state index contributed by atoms with van der Waals surface area (Å²) in [6.45, 7) is 2.24. The first-order chi connectivity index (χ1) is 19.3. The highest BCUT2D eigenvalue weighted by Gasteiger charge is 2.31. The van der Waals surface area contributed by atoms with Gasteiger partial charge in [-0.15, -0.1) is 0 Å². The molecule has 3 aromatic carbocycles. The second-order valence-corrected chi connectivity index (χ2v) is 11.6. The molecule has 0 bridgehead atoms. The zero-order chi connectivity index (χ0) is 28.1. The van der Waals surface area contributed by atoms with Gasteiger partial charge in [0.15, 0.2) is 0 Å². The van der Waals surface area contributed by atoms with E-state index in [1.54, 1.807) is 16.7 Å². The minimum atomic E-state index is -4.00. The highest BCUT2D eigenvalue weighted by Crippen LogP contribution is 2.26. The van der Waals surface area contributed by atoms with Crippen LogP contribution in [0.15, 0.2) is 90.0 Å². The zero-order valence-electron chi connectivity index (χ0n) is 22.5. The SMILES string of the molecule is COc1ccc(S(=O)(=O)N(CC(=O)Nc2nc(-c3ccccc3)cn2-c2cccc(C)c2)CC2CCCO2)cc1. The summed E-state index contributed by atoms with van der Waals surface area (Å²) in [7, 11) is -2.48. The molecular weight excluding hydrogens is 528 g/mol. The highest BCUT2D eigenvalue weighted by atomic mass is 32.2. The molecule has 1 N–H and O–H groups in total. The van der Waals surface area contributed by atoms with Crippen molar-refractivity contribution in [2.45, 2.75) is 30.8 Å². The Morgan fingerprint density at radius 1 is 1.10 bits per heavy atom. The van der Waals surface area contributed by atoms with Crippen molar-refractivity contribution in [2.75, 3.05) is 32.1 Å². The second kappa shape index (κ2) is 12.0. The molecule has 1 aliphatic heterocycles. The summed E-state index contributed by atoms with van der Waals surface area (Å²) in [5.41, 5.74) is 3.45. The molecule has 40 heavy (non-hydrogen) atoms. The molecule has 1 saturated heterocycles. The fraction of sp³-hybridized carbons (Fsp3) is 0.267. The van der Waals surface area contributed by atoms with Crippen molar-refractivity contribution >= 4 is 21.9 Å². The van der Waals surface area contributed by atoms with E-state index in [-0.39, 0.29) is 17.5 Å². The average molecular weight is 561 g/mol. The van der Waals surface area contributed by atoms with Crippen molar-refractivity contribution in [3.8, 4) is 22.7 Å². The Bertz CT molecular complexity index is 1560. The van der Waals surface area contributed by atoms with E-state index in [1.165, 1.54) is 23.5 Å². The lowest BCUT2D eigenvalue weighted by Crippen LogP contribution is -2.42. The number of aryl methyl sites for hydroxylation is 1. The van der Waals surface area contributed by atoms with E-state index in [2.05, 4.69) is 5.32 Å². The maximum absolute atomic E-state index is 13.7. The molecule has 0 spiro atoms. The van der Waals surface area contributed by atoms with Crippen LogP contribution < -0.4 is 10.1 Å². The van der Waals surface area contributed by atoms with Crippen molar-refractivity contribution in [2.24, 2.45) is 0 Å². The minimum absolute atomic E-state index is 0.0728. The lowest BCUT2D eigenvalue weighted by Gasteiger charge is -2.24. The van der Waals surface area contributed by atoms with Gasteiger partial charge in [0.1, 0.15) is 5.75 Å². The summed E-state index contributed by atoms with van der Waals surface area (Å²) < 4.78 is 41.2. The van der Waals surface area contributed by atoms with Gasteiger partial charge in [0.25, 0.3) is 0 Å². The Balaban J connectivity index is 1.44. The molecule has 10 heteroatoms. The smallest absolute Gasteiger partial charge is 0.243 e. The summed E-state index contributed by atoms with van der Waals surface area (Å²) in [5, 5.41) is 2.86. The predicted molar refractivity (Wildman–Crippen MR) is 153 cm³/mol. The first kappa shape index (κ1) is 27.6. The number of imidazole rings is 1. The van der Waals surface area contributed by atoms with Crippen molar-refractivity contribution < 1.29 is 22.7 Å². The Kier molecular flexibility index (Phi) is 8.29. The molecule has 1 amide bonds. The first-order valence-electron chi connectivity index (χ1n) is 13.1. The Hall–Kier alpha value is -3.99. The zero-order valence-corrected chi connectivity index (χ0v) is 23.3. The number of nitrogens with one attached hydrogen (secondary N) is 1. The van der Waals surface area contributed by atoms with Gasteiger partial charge < -0.3 is 9.47 Å². The molecule has 9 nitrogen and oxygen atoms in total. The van der Waals surface area contributed by atoms with Gasteiger partial charge in [0.05, 0.1) is 30.3 Å². The fourth-order valence-electron chi connectivity index (χ4n) is 4.68. The number of amides is 1.